The maximum atomic E-state index is 5.96. The largest absolute Gasteiger partial charge is 0.375 e. The highest BCUT2D eigenvalue weighted by molar-refractivity contribution is 6.05. The molecule has 0 saturated carbocycles. The van der Waals surface area contributed by atoms with E-state index >= 15 is 0 Å². The molecule has 0 aliphatic carbocycles. The second kappa shape index (κ2) is 9.64. The fourth-order valence-electron chi connectivity index (χ4n) is 3.34. The van der Waals surface area contributed by atoms with E-state index in [0.717, 1.165) is 19.7 Å². The lowest BCUT2D eigenvalue weighted by Crippen LogP contribution is -2.80. The van der Waals surface area contributed by atoms with Gasteiger partial charge in [-0.05, 0) is 39.7 Å². The van der Waals surface area contributed by atoms with Crippen molar-refractivity contribution in [2.75, 3.05) is 40.4 Å². The fourth-order valence-corrected chi connectivity index (χ4v) is 3.34. The summed E-state index contributed by atoms with van der Waals surface area (Å²) in [6, 6.07) is 17.2. The molecule has 4 heteroatoms. The van der Waals surface area contributed by atoms with Gasteiger partial charge in [0.25, 0.3) is 0 Å². The van der Waals surface area contributed by atoms with E-state index in [0.29, 0.717) is 19.8 Å². The van der Waals surface area contributed by atoms with Crippen LogP contribution in [0.25, 0.3) is 21.5 Å². The van der Waals surface area contributed by atoms with Crippen LogP contribution in [-0.2, 0) is 22.7 Å². The van der Waals surface area contributed by atoms with Crippen LogP contribution in [-0.4, -0.2) is 40.4 Å². The van der Waals surface area contributed by atoms with Crippen molar-refractivity contribution in [2.45, 2.75) is 13.2 Å². The van der Waals surface area contributed by atoms with Crippen molar-refractivity contribution in [3.8, 4) is 0 Å². The summed E-state index contributed by atoms with van der Waals surface area (Å²) in [5.74, 6) is 0. The quantitative estimate of drug-likeness (QED) is 0.435. The topological polar surface area (TPSA) is 47.1 Å². The van der Waals surface area contributed by atoms with Crippen LogP contribution in [0.3, 0.4) is 0 Å². The summed E-state index contributed by atoms with van der Waals surface area (Å²) in [5.41, 5.74) is 2.53. The van der Waals surface area contributed by atoms with Gasteiger partial charge in [0.2, 0.25) is 0 Å². The van der Waals surface area contributed by atoms with E-state index in [4.69, 9.17) is 9.47 Å². The van der Waals surface area contributed by atoms with E-state index in [2.05, 4.69) is 66.2 Å². The minimum absolute atomic E-state index is 0.620. The van der Waals surface area contributed by atoms with Crippen LogP contribution in [0.1, 0.15) is 11.1 Å². The molecule has 3 aromatic carbocycles. The number of fused-ring (bicyclic) bond motifs is 2. The summed E-state index contributed by atoms with van der Waals surface area (Å²) < 4.78 is 11.9. The standard InChI is InChI=1S/C22H28N2O2/c1-23-11-13-25-15-21-17-7-3-5-9-19(17)22(16-26-14-12-24-2)20-10-6-4-8-18(20)21/h3-10,23-24H,11-16H2,1-2H3/p+1. The molecule has 138 valence electrons. The van der Waals surface area contributed by atoms with Crippen LogP contribution in [0.4, 0.5) is 0 Å². The fraction of sp³-hybridized carbons (Fsp3) is 0.364. The zero-order valence-corrected chi connectivity index (χ0v) is 15.8. The van der Waals surface area contributed by atoms with Crippen molar-refractivity contribution < 1.29 is 14.8 Å². The van der Waals surface area contributed by atoms with Crippen LogP contribution in [0.15, 0.2) is 48.5 Å². The first kappa shape index (κ1) is 18.8. The lowest BCUT2D eigenvalue weighted by molar-refractivity contribution is -0.628. The van der Waals surface area contributed by atoms with Gasteiger partial charge >= 0.3 is 0 Å². The van der Waals surface area contributed by atoms with Gasteiger partial charge in [-0.15, -0.1) is 0 Å². The van der Waals surface area contributed by atoms with E-state index < -0.39 is 0 Å². The Morgan fingerprint density at radius 1 is 0.769 bits per heavy atom. The molecule has 0 spiro atoms. The number of hydrogen-bond donors (Lipinski definition) is 2. The normalized spacial score (nSPS) is 11.5. The lowest BCUT2D eigenvalue weighted by Gasteiger charge is -2.17. The summed E-state index contributed by atoms with van der Waals surface area (Å²) in [7, 11) is 4.01. The number of benzene rings is 3. The smallest absolute Gasteiger partial charge is 0.0991 e. The molecule has 0 fully saturated rings. The molecule has 0 aliphatic heterocycles. The number of quaternary nitrogens is 1. The lowest BCUT2D eigenvalue weighted by atomic mass is 9.92. The van der Waals surface area contributed by atoms with E-state index in [-0.39, 0.29) is 0 Å². The third-order valence-corrected chi connectivity index (χ3v) is 4.69. The van der Waals surface area contributed by atoms with Crippen molar-refractivity contribution in [3.05, 3.63) is 59.7 Å². The van der Waals surface area contributed by atoms with Crippen LogP contribution in [0, 0.1) is 0 Å². The SMILES string of the molecule is CNCCOCc1c2ccccc2c(COCC[NH2+]C)c2ccccc12. The van der Waals surface area contributed by atoms with Crippen LogP contribution < -0.4 is 10.6 Å². The third-order valence-electron chi connectivity index (χ3n) is 4.69. The molecule has 3 N–H and O–H groups in total. The van der Waals surface area contributed by atoms with Gasteiger partial charge in [0.05, 0.1) is 40.0 Å². The van der Waals surface area contributed by atoms with E-state index in [9.17, 15) is 0 Å². The Morgan fingerprint density at radius 3 is 1.65 bits per heavy atom. The number of hydrogen-bond acceptors (Lipinski definition) is 3. The molecule has 3 aromatic rings. The maximum Gasteiger partial charge on any atom is 0.0991 e. The van der Waals surface area contributed by atoms with Gasteiger partial charge in [0, 0.05) is 6.54 Å². The van der Waals surface area contributed by atoms with Crippen molar-refractivity contribution in [1.29, 1.82) is 0 Å². The maximum absolute atomic E-state index is 5.96. The molecule has 0 radical (unpaired) electrons. The van der Waals surface area contributed by atoms with Gasteiger partial charge in [-0.1, -0.05) is 48.5 Å². The minimum Gasteiger partial charge on any atom is -0.375 e. The second-order valence-corrected chi connectivity index (χ2v) is 6.45. The Labute approximate surface area is 155 Å². The molecule has 0 bridgehead atoms. The Hall–Kier alpha value is -1.98. The highest BCUT2D eigenvalue weighted by Crippen LogP contribution is 2.33. The number of ether oxygens (including phenoxy) is 2. The van der Waals surface area contributed by atoms with Gasteiger partial charge < -0.3 is 20.1 Å². The molecular weight excluding hydrogens is 324 g/mol. The van der Waals surface area contributed by atoms with Crippen molar-refractivity contribution in [3.63, 3.8) is 0 Å². The van der Waals surface area contributed by atoms with E-state index in [1.165, 1.54) is 32.7 Å². The Kier molecular flexibility index (Phi) is 6.97. The van der Waals surface area contributed by atoms with E-state index in [1.54, 1.807) is 0 Å². The van der Waals surface area contributed by atoms with Crippen molar-refractivity contribution in [1.82, 2.24) is 5.32 Å². The molecule has 0 atom stereocenters. The molecule has 26 heavy (non-hydrogen) atoms. The Morgan fingerprint density at radius 2 is 1.23 bits per heavy atom. The first-order valence-corrected chi connectivity index (χ1v) is 9.36. The second-order valence-electron chi connectivity index (χ2n) is 6.45. The Balaban J connectivity index is 2.03. The van der Waals surface area contributed by atoms with Crippen molar-refractivity contribution >= 4 is 21.5 Å². The van der Waals surface area contributed by atoms with Gasteiger partial charge in [-0.25, -0.2) is 0 Å². The number of rotatable bonds is 10. The monoisotopic (exact) mass is 353 g/mol. The van der Waals surface area contributed by atoms with Gasteiger partial charge in [-0.3, -0.25) is 0 Å². The van der Waals surface area contributed by atoms with E-state index in [1.807, 2.05) is 7.05 Å². The molecule has 3 rings (SSSR count). The predicted molar refractivity (Wildman–Crippen MR) is 107 cm³/mol. The Bertz CT molecular complexity index is 721. The average molecular weight is 353 g/mol. The molecule has 0 aromatic heterocycles. The molecule has 0 amide bonds. The molecule has 4 nitrogen and oxygen atoms in total. The predicted octanol–water partition coefficient (Wildman–Crippen LogP) is 2.44. The van der Waals surface area contributed by atoms with Gasteiger partial charge in [0.15, 0.2) is 0 Å². The van der Waals surface area contributed by atoms with Crippen LogP contribution in [0.5, 0.6) is 0 Å². The first-order valence-electron chi connectivity index (χ1n) is 9.36. The highest BCUT2D eigenvalue weighted by Gasteiger charge is 2.13. The summed E-state index contributed by atoms with van der Waals surface area (Å²) in [4.78, 5) is 0. The zero-order chi connectivity index (χ0) is 18.2. The third kappa shape index (κ3) is 4.22. The minimum atomic E-state index is 0.620. The molecular formula is C22H29N2O2+. The van der Waals surface area contributed by atoms with Crippen molar-refractivity contribution in [2.24, 2.45) is 0 Å². The molecule has 0 aliphatic rings. The molecule has 0 unspecified atom stereocenters. The first-order chi connectivity index (χ1) is 12.9. The van der Waals surface area contributed by atoms with Crippen LogP contribution in [0.2, 0.25) is 0 Å². The summed E-state index contributed by atoms with van der Waals surface area (Å²) >= 11 is 0. The zero-order valence-electron chi connectivity index (χ0n) is 15.8. The number of likely N-dealkylation sites (N-methyl/N-ethyl adjacent to an activating group) is 2. The number of nitrogens with one attached hydrogen (secondary N) is 1. The summed E-state index contributed by atoms with van der Waals surface area (Å²) in [6.07, 6.45) is 0. The summed E-state index contributed by atoms with van der Waals surface area (Å²) in [6.45, 7) is 4.56. The molecule has 0 saturated heterocycles. The van der Waals surface area contributed by atoms with Crippen LogP contribution >= 0.6 is 0 Å². The number of nitrogens with two attached hydrogens (primary N) is 1. The summed E-state index contributed by atoms with van der Waals surface area (Å²) in [5, 5.41) is 10.3. The van der Waals surface area contributed by atoms with Gasteiger partial charge in [-0.2, -0.15) is 0 Å². The average Bonchev–Trinajstić information content (AvgIpc) is 2.69. The highest BCUT2D eigenvalue weighted by atomic mass is 16.5. The molecule has 0 heterocycles. The van der Waals surface area contributed by atoms with Gasteiger partial charge in [0.1, 0.15) is 0 Å².